The molecule has 150 valence electrons. The Bertz CT molecular complexity index is 767. The summed E-state index contributed by atoms with van der Waals surface area (Å²) in [4.78, 5) is 16.6. The van der Waals surface area contributed by atoms with Crippen molar-refractivity contribution in [3.63, 3.8) is 0 Å². The van der Waals surface area contributed by atoms with Crippen LogP contribution in [-0.4, -0.2) is 61.6 Å². The number of benzene rings is 2. The fourth-order valence-electron chi connectivity index (χ4n) is 3.42. The second-order valence-electron chi connectivity index (χ2n) is 7.34. The zero-order valence-corrected chi connectivity index (χ0v) is 16.6. The summed E-state index contributed by atoms with van der Waals surface area (Å²) in [6.07, 6.45) is 0. The highest BCUT2D eigenvalue weighted by molar-refractivity contribution is 5.92. The van der Waals surface area contributed by atoms with E-state index in [9.17, 15) is 9.18 Å². The van der Waals surface area contributed by atoms with Gasteiger partial charge in [-0.3, -0.25) is 14.6 Å². The Labute approximate surface area is 166 Å². The fraction of sp³-hybridized carbons (Fsp3) is 0.409. The molecule has 0 bridgehead atoms. The molecule has 0 saturated carbocycles. The van der Waals surface area contributed by atoms with E-state index in [4.69, 9.17) is 4.74 Å². The van der Waals surface area contributed by atoms with E-state index in [1.165, 1.54) is 23.3 Å². The van der Waals surface area contributed by atoms with Crippen LogP contribution >= 0.6 is 0 Å². The first-order chi connectivity index (χ1) is 13.5. The molecule has 0 radical (unpaired) electrons. The van der Waals surface area contributed by atoms with Gasteiger partial charge in [0.2, 0.25) is 5.91 Å². The lowest BCUT2D eigenvalue weighted by Gasteiger charge is -2.34. The van der Waals surface area contributed by atoms with E-state index in [0.717, 1.165) is 38.5 Å². The number of aryl methyl sites for hydroxylation is 2. The van der Waals surface area contributed by atoms with Gasteiger partial charge in [-0.15, -0.1) is 0 Å². The van der Waals surface area contributed by atoms with E-state index in [1.807, 2.05) is 0 Å². The third-order valence-electron chi connectivity index (χ3n) is 4.83. The van der Waals surface area contributed by atoms with Gasteiger partial charge in [0, 0.05) is 38.4 Å². The maximum absolute atomic E-state index is 12.9. The number of carbonyl (C=O) groups excluding carboxylic acids is 1. The highest BCUT2D eigenvalue weighted by atomic mass is 19.1. The summed E-state index contributed by atoms with van der Waals surface area (Å²) in [5, 5.41) is 2.81. The largest absolute Gasteiger partial charge is 0.492 e. The number of hydrogen-bond donors (Lipinski definition) is 1. The van der Waals surface area contributed by atoms with Crippen LogP contribution in [0, 0.1) is 19.7 Å². The van der Waals surface area contributed by atoms with Crippen LogP contribution in [0.3, 0.4) is 0 Å². The predicted octanol–water partition coefficient (Wildman–Crippen LogP) is 3.08. The molecule has 0 unspecified atom stereocenters. The van der Waals surface area contributed by atoms with Gasteiger partial charge in [-0.1, -0.05) is 6.07 Å². The maximum atomic E-state index is 12.9. The van der Waals surface area contributed by atoms with Crippen molar-refractivity contribution in [2.24, 2.45) is 0 Å². The lowest BCUT2D eigenvalue weighted by molar-refractivity contribution is -0.117. The summed E-state index contributed by atoms with van der Waals surface area (Å²) in [6.45, 7) is 9.57. The number of carbonyl (C=O) groups is 1. The Kier molecular flexibility index (Phi) is 7.01. The number of ether oxygens (including phenoxy) is 1. The van der Waals surface area contributed by atoms with Crippen LogP contribution in [0.15, 0.2) is 42.5 Å². The third kappa shape index (κ3) is 6.32. The first-order valence-corrected chi connectivity index (χ1v) is 9.69. The van der Waals surface area contributed by atoms with E-state index in [2.05, 4.69) is 47.2 Å². The Morgan fingerprint density at radius 3 is 2.25 bits per heavy atom. The number of hydrogen-bond acceptors (Lipinski definition) is 4. The Morgan fingerprint density at radius 2 is 1.61 bits per heavy atom. The molecule has 1 amide bonds. The summed E-state index contributed by atoms with van der Waals surface area (Å²) in [6, 6.07) is 12.1. The summed E-state index contributed by atoms with van der Waals surface area (Å²) in [5.41, 5.74) is 3.04. The van der Waals surface area contributed by atoms with E-state index in [1.54, 1.807) is 12.1 Å². The molecule has 0 aromatic heterocycles. The van der Waals surface area contributed by atoms with Gasteiger partial charge in [-0.05, 0) is 61.4 Å². The molecule has 2 aromatic carbocycles. The molecule has 0 atom stereocenters. The van der Waals surface area contributed by atoms with Crippen LogP contribution in [0.1, 0.15) is 11.1 Å². The van der Waals surface area contributed by atoms with Crippen molar-refractivity contribution in [3.05, 3.63) is 59.4 Å². The summed E-state index contributed by atoms with van der Waals surface area (Å²) in [7, 11) is 0. The third-order valence-corrected chi connectivity index (χ3v) is 4.83. The van der Waals surface area contributed by atoms with E-state index >= 15 is 0 Å². The highest BCUT2D eigenvalue weighted by Crippen LogP contribution is 2.16. The van der Waals surface area contributed by atoms with E-state index in [0.29, 0.717) is 18.8 Å². The molecule has 5 nitrogen and oxygen atoms in total. The molecule has 2 aromatic rings. The molecule has 6 heteroatoms. The van der Waals surface area contributed by atoms with Crippen LogP contribution in [0.25, 0.3) is 0 Å². The predicted molar refractivity (Wildman–Crippen MR) is 109 cm³/mol. The van der Waals surface area contributed by atoms with Gasteiger partial charge in [0.05, 0.1) is 6.54 Å². The summed E-state index contributed by atoms with van der Waals surface area (Å²) >= 11 is 0. The number of nitrogens with zero attached hydrogens (tertiary/aromatic N) is 2. The van der Waals surface area contributed by atoms with Crippen molar-refractivity contribution in [1.82, 2.24) is 9.80 Å². The van der Waals surface area contributed by atoms with E-state index in [-0.39, 0.29) is 11.7 Å². The Hall–Kier alpha value is -2.44. The quantitative estimate of drug-likeness (QED) is 0.796. The number of anilines is 1. The summed E-state index contributed by atoms with van der Waals surface area (Å²) in [5.74, 6) is 0.544. The summed E-state index contributed by atoms with van der Waals surface area (Å²) < 4.78 is 18.8. The molecule has 1 fully saturated rings. The second kappa shape index (κ2) is 9.66. The molecule has 1 aliphatic rings. The zero-order chi connectivity index (χ0) is 19.9. The molecule has 1 saturated heterocycles. The van der Waals surface area contributed by atoms with Crippen molar-refractivity contribution >= 4 is 11.6 Å². The zero-order valence-electron chi connectivity index (χ0n) is 16.6. The van der Waals surface area contributed by atoms with Crippen molar-refractivity contribution in [2.45, 2.75) is 13.8 Å². The molecule has 0 aliphatic carbocycles. The minimum Gasteiger partial charge on any atom is -0.492 e. The van der Waals surface area contributed by atoms with Gasteiger partial charge in [0.1, 0.15) is 18.2 Å². The lowest BCUT2D eigenvalue weighted by Crippen LogP contribution is -2.49. The smallest absolute Gasteiger partial charge is 0.238 e. The highest BCUT2D eigenvalue weighted by Gasteiger charge is 2.19. The molecular formula is C22H28FN3O2. The number of amides is 1. The topological polar surface area (TPSA) is 44.8 Å². The first kappa shape index (κ1) is 20.3. The molecule has 3 rings (SSSR count). The van der Waals surface area contributed by atoms with Crippen molar-refractivity contribution < 1.29 is 13.9 Å². The van der Waals surface area contributed by atoms with Gasteiger partial charge in [-0.25, -0.2) is 4.39 Å². The average molecular weight is 385 g/mol. The minimum absolute atomic E-state index is 0.0711. The van der Waals surface area contributed by atoms with Gasteiger partial charge >= 0.3 is 0 Å². The van der Waals surface area contributed by atoms with Gasteiger partial charge in [0.15, 0.2) is 0 Å². The number of rotatable bonds is 7. The molecular weight excluding hydrogens is 357 g/mol. The SMILES string of the molecule is Cc1cc(C)cc(OCCN2CCN(CC(=O)Nc3ccc(F)cc3)CC2)c1. The minimum atomic E-state index is -0.310. The molecule has 1 heterocycles. The standard InChI is InChI=1S/C22H28FN3O2/c1-17-13-18(2)15-21(14-17)28-12-11-25-7-9-26(10-8-25)16-22(27)24-20-5-3-19(23)4-6-20/h3-6,13-15H,7-12,16H2,1-2H3,(H,24,27). The van der Waals surface area contributed by atoms with Crippen molar-refractivity contribution in [3.8, 4) is 5.75 Å². The van der Waals surface area contributed by atoms with Crippen molar-refractivity contribution in [1.29, 1.82) is 0 Å². The van der Waals surface area contributed by atoms with Crippen LogP contribution < -0.4 is 10.1 Å². The Morgan fingerprint density at radius 1 is 1.00 bits per heavy atom. The molecule has 1 N–H and O–H groups in total. The van der Waals surface area contributed by atoms with Gasteiger partial charge < -0.3 is 10.1 Å². The lowest BCUT2D eigenvalue weighted by atomic mass is 10.1. The molecule has 28 heavy (non-hydrogen) atoms. The first-order valence-electron chi connectivity index (χ1n) is 9.69. The number of nitrogens with one attached hydrogen (secondary N) is 1. The number of halogens is 1. The fourth-order valence-corrected chi connectivity index (χ4v) is 3.42. The van der Waals surface area contributed by atoms with E-state index < -0.39 is 0 Å². The van der Waals surface area contributed by atoms with Crippen LogP contribution in [-0.2, 0) is 4.79 Å². The van der Waals surface area contributed by atoms with Crippen molar-refractivity contribution in [2.75, 3.05) is 51.2 Å². The average Bonchev–Trinajstić information content (AvgIpc) is 2.64. The normalized spacial score (nSPS) is 15.4. The molecule has 0 spiro atoms. The monoisotopic (exact) mass is 385 g/mol. The van der Waals surface area contributed by atoms with Crippen LogP contribution in [0.2, 0.25) is 0 Å². The van der Waals surface area contributed by atoms with Gasteiger partial charge in [0.25, 0.3) is 0 Å². The van der Waals surface area contributed by atoms with Crippen LogP contribution in [0.4, 0.5) is 10.1 Å². The molecule has 1 aliphatic heterocycles. The Balaban J connectivity index is 1.35. The van der Waals surface area contributed by atoms with Gasteiger partial charge in [-0.2, -0.15) is 0 Å². The second-order valence-corrected chi connectivity index (χ2v) is 7.34. The maximum Gasteiger partial charge on any atom is 0.238 e. The number of piperazine rings is 1. The van der Waals surface area contributed by atoms with Crippen LogP contribution in [0.5, 0.6) is 5.75 Å².